The van der Waals surface area contributed by atoms with Gasteiger partial charge in [0.15, 0.2) is 0 Å². The minimum Gasteiger partial charge on any atom is -0.369 e. The number of guanidine groups is 1. The van der Waals surface area contributed by atoms with E-state index < -0.39 is 0 Å². The lowest BCUT2D eigenvalue weighted by molar-refractivity contribution is 1.20. The van der Waals surface area contributed by atoms with Crippen molar-refractivity contribution >= 4 is 17.2 Å². The molecule has 0 heterocycles. The van der Waals surface area contributed by atoms with Crippen LogP contribution in [0.5, 0.6) is 0 Å². The standard InChI is InChI=1S/C17H18N4/c1-13(14-8-4-2-5-9-14)12-16(20-21-17(18)19)15-10-6-3-7-11-15/h2-12H,1H3,(H4,18,19,21)/b13-12-,20-16-. The Morgan fingerprint density at radius 1 is 0.810 bits per heavy atom. The van der Waals surface area contributed by atoms with Crippen molar-refractivity contribution in [2.75, 3.05) is 0 Å². The molecule has 4 nitrogen and oxygen atoms in total. The van der Waals surface area contributed by atoms with E-state index in [2.05, 4.69) is 22.3 Å². The van der Waals surface area contributed by atoms with Gasteiger partial charge >= 0.3 is 0 Å². The lowest BCUT2D eigenvalue weighted by atomic mass is 10.0. The van der Waals surface area contributed by atoms with Gasteiger partial charge in [0.25, 0.3) is 0 Å². The minimum atomic E-state index is -0.0609. The summed E-state index contributed by atoms with van der Waals surface area (Å²) < 4.78 is 0. The molecule has 0 aromatic heterocycles. The van der Waals surface area contributed by atoms with Gasteiger partial charge in [-0.05, 0) is 24.1 Å². The van der Waals surface area contributed by atoms with E-state index in [4.69, 9.17) is 11.5 Å². The fraction of sp³-hybridized carbons (Fsp3) is 0.0588. The molecule has 0 amide bonds. The number of hydrogen-bond acceptors (Lipinski definition) is 2. The number of allylic oxidation sites excluding steroid dienone is 2. The predicted octanol–water partition coefficient (Wildman–Crippen LogP) is 2.77. The Hall–Kier alpha value is -2.88. The number of nitrogens with two attached hydrogens (primary N) is 2. The molecule has 4 N–H and O–H groups in total. The average molecular weight is 278 g/mol. The number of hydrogen-bond donors (Lipinski definition) is 2. The molecule has 0 atom stereocenters. The fourth-order valence-corrected chi connectivity index (χ4v) is 1.88. The highest BCUT2D eigenvalue weighted by Gasteiger charge is 2.02. The maximum Gasteiger partial charge on any atom is 0.211 e. The van der Waals surface area contributed by atoms with Crippen LogP contribution in [0.2, 0.25) is 0 Å². The van der Waals surface area contributed by atoms with Crippen molar-refractivity contribution in [3.05, 3.63) is 77.9 Å². The van der Waals surface area contributed by atoms with Crippen LogP contribution in [0.4, 0.5) is 0 Å². The smallest absolute Gasteiger partial charge is 0.211 e. The van der Waals surface area contributed by atoms with E-state index in [9.17, 15) is 0 Å². The van der Waals surface area contributed by atoms with E-state index in [1.54, 1.807) is 0 Å². The molecule has 106 valence electrons. The van der Waals surface area contributed by atoms with Gasteiger partial charge in [-0.15, -0.1) is 10.2 Å². The molecule has 2 rings (SSSR count). The van der Waals surface area contributed by atoms with Crippen molar-refractivity contribution in [3.63, 3.8) is 0 Å². The molecule has 2 aromatic carbocycles. The number of benzene rings is 2. The molecule has 0 saturated carbocycles. The van der Waals surface area contributed by atoms with E-state index in [0.29, 0.717) is 5.71 Å². The van der Waals surface area contributed by atoms with E-state index >= 15 is 0 Å². The Morgan fingerprint density at radius 3 is 1.86 bits per heavy atom. The summed E-state index contributed by atoms with van der Waals surface area (Å²) in [4.78, 5) is 0. The van der Waals surface area contributed by atoms with Crippen molar-refractivity contribution in [2.45, 2.75) is 6.92 Å². The Bertz CT molecular complexity index is 666. The summed E-state index contributed by atoms with van der Waals surface area (Å²) in [6.45, 7) is 2.03. The Balaban J connectivity index is 2.42. The zero-order valence-electron chi connectivity index (χ0n) is 11.9. The van der Waals surface area contributed by atoms with E-state index in [0.717, 1.165) is 16.7 Å². The van der Waals surface area contributed by atoms with Gasteiger partial charge in [-0.25, -0.2) is 0 Å². The highest BCUT2D eigenvalue weighted by atomic mass is 15.3. The van der Waals surface area contributed by atoms with Crippen LogP contribution in [0.3, 0.4) is 0 Å². The lowest BCUT2D eigenvalue weighted by Gasteiger charge is -2.04. The van der Waals surface area contributed by atoms with Gasteiger partial charge in [0.2, 0.25) is 5.96 Å². The molecule has 4 heteroatoms. The van der Waals surface area contributed by atoms with Gasteiger partial charge in [-0.1, -0.05) is 60.7 Å². The summed E-state index contributed by atoms with van der Waals surface area (Å²) in [7, 11) is 0. The third-order valence-electron chi connectivity index (χ3n) is 2.93. The Labute approximate surface area is 124 Å². The topological polar surface area (TPSA) is 76.8 Å². The maximum absolute atomic E-state index is 5.36. The zero-order valence-corrected chi connectivity index (χ0v) is 11.9. The number of nitrogens with zero attached hydrogens (tertiary/aromatic N) is 2. The van der Waals surface area contributed by atoms with Crippen molar-refractivity contribution in [1.29, 1.82) is 0 Å². The van der Waals surface area contributed by atoms with Gasteiger partial charge in [0.05, 0.1) is 5.71 Å². The van der Waals surface area contributed by atoms with Crippen LogP contribution in [-0.4, -0.2) is 11.7 Å². The second-order valence-electron chi connectivity index (χ2n) is 4.57. The summed E-state index contributed by atoms with van der Waals surface area (Å²) in [5.74, 6) is -0.0609. The van der Waals surface area contributed by atoms with Crippen molar-refractivity contribution < 1.29 is 0 Å². The fourth-order valence-electron chi connectivity index (χ4n) is 1.88. The lowest BCUT2D eigenvalue weighted by Crippen LogP contribution is -2.22. The van der Waals surface area contributed by atoms with E-state index in [1.165, 1.54) is 0 Å². The maximum atomic E-state index is 5.36. The normalized spacial score (nSPS) is 12.0. The number of rotatable bonds is 4. The summed E-state index contributed by atoms with van der Waals surface area (Å²) in [5, 5.41) is 7.90. The molecule has 2 aromatic rings. The van der Waals surface area contributed by atoms with Crippen LogP contribution in [0.1, 0.15) is 18.1 Å². The molecule has 0 aliphatic rings. The van der Waals surface area contributed by atoms with Crippen LogP contribution in [0.25, 0.3) is 5.57 Å². The molecule has 0 radical (unpaired) electrons. The zero-order chi connectivity index (χ0) is 15.1. The van der Waals surface area contributed by atoms with Crippen LogP contribution in [0.15, 0.2) is 76.9 Å². The van der Waals surface area contributed by atoms with Crippen LogP contribution >= 0.6 is 0 Å². The molecule has 0 unspecified atom stereocenters. The van der Waals surface area contributed by atoms with Crippen LogP contribution in [0, 0.1) is 0 Å². The second kappa shape index (κ2) is 7.05. The molecule has 0 fully saturated rings. The summed E-state index contributed by atoms with van der Waals surface area (Å²) in [6.07, 6.45) is 1.97. The highest BCUT2D eigenvalue weighted by Crippen LogP contribution is 2.15. The highest BCUT2D eigenvalue weighted by molar-refractivity contribution is 6.12. The Morgan fingerprint density at radius 2 is 1.33 bits per heavy atom. The van der Waals surface area contributed by atoms with Crippen molar-refractivity contribution in [3.8, 4) is 0 Å². The quantitative estimate of drug-likeness (QED) is 0.512. The predicted molar refractivity (Wildman–Crippen MR) is 88.9 cm³/mol. The van der Waals surface area contributed by atoms with Crippen molar-refractivity contribution in [1.82, 2.24) is 0 Å². The van der Waals surface area contributed by atoms with Gasteiger partial charge in [0.1, 0.15) is 0 Å². The van der Waals surface area contributed by atoms with E-state index in [-0.39, 0.29) is 5.96 Å². The first-order valence-electron chi connectivity index (χ1n) is 6.62. The molecule has 21 heavy (non-hydrogen) atoms. The third-order valence-corrected chi connectivity index (χ3v) is 2.93. The first kappa shape index (κ1) is 14.5. The van der Waals surface area contributed by atoms with Gasteiger partial charge in [-0.2, -0.15) is 0 Å². The van der Waals surface area contributed by atoms with Gasteiger partial charge < -0.3 is 11.5 Å². The van der Waals surface area contributed by atoms with Crippen LogP contribution in [-0.2, 0) is 0 Å². The minimum absolute atomic E-state index is 0.0609. The third kappa shape index (κ3) is 4.31. The van der Waals surface area contributed by atoms with Crippen molar-refractivity contribution in [2.24, 2.45) is 21.7 Å². The summed E-state index contributed by atoms with van der Waals surface area (Å²) in [5.41, 5.74) is 14.6. The molecular formula is C17H18N4. The molecule has 0 saturated heterocycles. The summed E-state index contributed by atoms with van der Waals surface area (Å²) in [6, 6.07) is 19.9. The average Bonchev–Trinajstić information content (AvgIpc) is 2.52. The van der Waals surface area contributed by atoms with Gasteiger partial charge in [-0.3, -0.25) is 0 Å². The summed E-state index contributed by atoms with van der Waals surface area (Å²) >= 11 is 0. The Kier molecular flexibility index (Phi) is 4.88. The van der Waals surface area contributed by atoms with Gasteiger partial charge in [0, 0.05) is 5.56 Å². The molecule has 0 aliphatic carbocycles. The molecule has 0 spiro atoms. The molecule has 0 bridgehead atoms. The second-order valence-corrected chi connectivity index (χ2v) is 4.57. The SMILES string of the molecule is C/C(=C/C(=N/N=C(N)N)c1ccccc1)c1ccccc1. The first-order valence-corrected chi connectivity index (χ1v) is 6.62. The molecular weight excluding hydrogens is 260 g/mol. The molecule has 0 aliphatic heterocycles. The largest absolute Gasteiger partial charge is 0.369 e. The van der Waals surface area contributed by atoms with E-state index in [1.807, 2.05) is 61.5 Å². The monoisotopic (exact) mass is 278 g/mol. The van der Waals surface area contributed by atoms with Crippen LogP contribution < -0.4 is 11.5 Å². The first-order chi connectivity index (χ1) is 10.2.